The molecule has 3 nitrogen and oxygen atoms in total. The number of rotatable bonds is 5. The number of nitrogens with one attached hydrogen (secondary N) is 1. The van der Waals surface area contributed by atoms with Crippen LogP contribution in [0, 0.1) is 12.8 Å². The summed E-state index contributed by atoms with van der Waals surface area (Å²) < 4.78 is 5.00. The molecule has 1 aromatic rings. The van der Waals surface area contributed by atoms with Crippen molar-refractivity contribution in [1.29, 1.82) is 0 Å². The van der Waals surface area contributed by atoms with Gasteiger partial charge in [-0.1, -0.05) is 25.9 Å². The molecule has 3 heteroatoms. The molecule has 14 heavy (non-hydrogen) atoms. The molecule has 0 fully saturated rings. The fraction of sp³-hybridized carbons (Fsp3) is 0.727. The van der Waals surface area contributed by atoms with Crippen molar-refractivity contribution < 1.29 is 4.52 Å². The van der Waals surface area contributed by atoms with Gasteiger partial charge in [0.25, 0.3) is 0 Å². The molecule has 0 spiro atoms. The second kappa shape index (κ2) is 5.15. The van der Waals surface area contributed by atoms with Crippen molar-refractivity contribution in [3.8, 4) is 0 Å². The highest BCUT2D eigenvalue weighted by Gasteiger charge is 2.10. The zero-order valence-electron chi connectivity index (χ0n) is 9.50. The highest BCUT2D eigenvalue weighted by atomic mass is 16.5. The van der Waals surface area contributed by atoms with Gasteiger partial charge in [0.15, 0.2) is 0 Å². The second-order valence-corrected chi connectivity index (χ2v) is 4.07. The van der Waals surface area contributed by atoms with E-state index in [2.05, 4.69) is 31.2 Å². The summed E-state index contributed by atoms with van der Waals surface area (Å²) in [6.07, 6.45) is 1.15. The van der Waals surface area contributed by atoms with Gasteiger partial charge in [-0.05, 0) is 19.3 Å². The van der Waals surface area contributed by atoms with Crippen LogP contribution < -0.4 is 5.32 Å². The summed E-state index contributed by atoms with van der Waals surface area (Å²) in [4.78, 5) is 0. The third-order valence-electron chi connectivity index (χ3n) is 2.47. The Bertz CT molecular complexity index is 268. The Kier molecular flexibility index (Phi) is 4.14. The smallest absolute Gasteiger partial charge is 0.133 e. The molecule has 0 aromatic carbocycles. The predicted molar refractivity (Wildman–Crippen MR) is 57.0 cm³/mol. The summed E-state index contributed by atoms with van der Waals surface area (Å²) in [5, 5.41) is 7.42. The summed E-state index contributed by atoms with van der Waals surface area (Å²) in [6, 6.07) is 2.53. The first-order valence-corrected chi connectivity index (χ1v) is 5.29. The molecule has 0 saturated carbocycles. The average molecular weight is 196 g/mol. The first-order valence-electron chi connectivity index (χ1n) is 5.29. The monoisotopic (exact) mass is 196 g/mol. The summed E-state index contributed by atoms with van der Waals surface area (Å²) >= 11 is 0. The SMILES string of the molecule is CCC(NCc1cc(C)on1)C(C)C. The van der Waals surface area contributed by atoms with Gasteiger partial charge in [0.2, 0.25) is 0 Å². The first-order chi connectivity index (χ1) is 6.63. The maximum atomic E-state index is 5.00. The lowest BCUT2D eigenvalue weighted by molar-refractivity contribution is 0.365. The zero-order chi connectivity index (χ0) is 10.6. The van der Waals surface area contributed by atoms with Crippen LogP contribution in [0.25, 0.3) is 0 Å². The molecular weight excluding hydrogens is 176 g/mol. The largest absolute Gasteiger partial charge is 0.361 e. The van der Waals surface area contributed by atoms with Crippen LogP contribution in [-0.4, -0.2) is 11.2 Å². The lowest BCUT2D eigenvalue weighted by Gasteiger charge is -2.19. The Morgan fingerprint density at radius 1 is 1.50 bits per heavy atom. The Hall–Kier alpha value is -0.830. The molecule has 0 aliphatic rings. The van der Waals surface area contributed by atoms with E-state index in [9.17, 15) is 0 Å². The number of aromatic nitrogens is 1. The molecule has 1 unspecified atom stereocenters. The highest BCUT2D eigenvalue weighted by Crippen LogP contribution is 2.07. The van der Waals surface area contributed by atoms with Gasteiger partial charge >= 0.3 is 0 Å². The fourth-order valence-corrected chi connectivity index (χ4v) is 1.59. The van der Waals surface area contributed by atoms with E-state index in [0.29, 0.717) is 12.0 Å². The molecule has 0 bridgehead atoms. The summed E-state index contributed by atoms with van der Waals surface area (Å²) in [7, 11) is 0. The van der Waals surface area contributed by atoms with Gasteiger partial charge in [0.05, 0.1) is 5.69 Å². The van der Waals surface area contributed by atoms with Crippen LogP contribution in [0.15, 0.2) is 10.6 Å². The molecule has 1 atom stereocenters. The molecule has 0 aliphatic heterocycles. The molecule has 0 saturated heterocycles. The number of hydrogen-bond donors (Lipinski definition) is 1. The van der Waals surface area contributed by atoms with E-state index in [-0.39, 0.29) is 0 Å². The van der Waals surface area contributed by atoms with Gasteiger partial charge in [-0.3, -0.25) is 0 Å². The van der Waals surface area contributed by atoms with Gasteiger partial charge in [-0.2, -0.15) is 0 Å². The second-order valence-electron chi connectivity index (χ2n) is 4.07. The molecule has 1 aromatic heterocycles. The van der Waals surface area contributed by atoms with Crippen molar-refractivity contribution in [1.82, 2.24) is 10.5 Å². The molecule has 80 valence electrons. The number of hydrogen-bond acceptors (Lipinski definition) is 3. The van der Waals surface area contributed by atoms with E-state index in [1.54, 1.807) is 0 Å². The van der Waals surface area contributed by atoms with Crippen molar-refractivity contribution >= 4 is 0 Å². The Morgan fingerprint density at radius 3 is 2.64 bits per heavy atom. The first kappa shape index (κ1) is 11.2. The van der Waals surface area contributed by atoms with Crippen LogP contribution in [0.5, 0.6) is 0 Å². The molecule has 1 rings (SSSR count). The average Bonchev–Trinajstić information content (AvgIpc) is 2.52. The lowest BCUT2D eigenvalue weighted by atomic mass is 10.0. The van der Waals surface area contributed by atoms with Gasteiger partial charge in [0, 0.05) is 18.7 Å². The highest BCUT2D eigenvalue weighted by molar-refractivity contribution is 5.03. The third-order valence-corrected chi connectivity index (χ3v) is 2.47. The van der Waals surface area contributed by atoms with E-state index in [1.165, 1.54) is 0 Å². The fourth-order valence-electron chi connectivity index (χ4n) is 1.59. The summed E-state index contributed by atoms with van der Waals surface area (Å²) in [5.74, 6) is 1.53. The van der Waals surface area contributed by atoms with Gasteiger partial charge in [-0.15, -0.1) is 0 Å². The molecular formula is C11H20N2O. The van der Waals surface area contributed by atoms with Crippen LogP contribution in [0.2, 0.25) is 0 Å². The van der Waals surface area contributed by atoms with Gasteiger partial charge in [0.1, 0.15) is 5.76 Å². The molecule has 0 radical (unpaired) electrons. The van der Waals surface area contributed by atoms with E-state index >= 15 is 0 Å². The van der Waals surface area contributed by atoms with E-state index in [4.69, 9.17) is 4.52 Å². The minimum atomic E-state index is 0.562. The maximum absolute atomic E-state index is 5.00. The van der Waals surface area contributed by atoms with Crippen LogP contribution in [-0.2, 0) is 6.54 Å². The number of nitrogens with zero attached hydrogens (tertiary/aromatic N) is 1. The Labute approximate surface area is 85.9 Å². The van der Waals surface area contributed by atoms with Crippen molar-refractivity contribution in [2.24, 2.45) is 5.92 Å². The Balaban J connectivity index is 2.39. The quantitative estimate of drug-likeness (QED) is 0.786. The van der Waals surface area contributed by atoms with Crippen LogP contribution >= 0.6 is 0 Å². The van der Waals surface area contributed by atoms with Crippen LogP contribution in [0.1, 0.15) is 38.6 Å². The van der Waals surface area contributed by atoms with E-state index in [0.717, 1.165) is 24.4 Å². The van der Waals surface area contributed by atoms with Crippen molar-refractivity contribution in [2.75, 3.05) is 0 Å². The number of aryl methyl sites for hydroxylation is 1. The van der Waals surface area contributed by atoms with Gasteiger partial charge in [-0.25, -0.2) is 0 Å². The van der Waals surface area contributed by atoms with Crippen LogP contribution in [0.4, 0.5) is 0 Å². The Morgan fingerprint density at radius 2 is 2.21 bits per heavy atom. The molecule has 1 N–H and O–H groups in total. The third kappa shape index (κ3) is 3.14. The maximum Gasteiger partial charge on any atom is 0.133 e. The van der Waals surface area contributed by atoms with Crippen molar-refractivity contribution in [3.05, 3.63) is 17.5 Å². The molecule has 0 amide bonds. The normalized spacial score (nSPS) is 13.5. The molecule has 0 aliphatic carbocycles. The minimum absolute atomic E-state index is 0.562. The van der Waals surface area contributed by atoms with E-state index in [1.807, 2.05) is 13.0 Å². The van der Waals surface area contributed by atoms with E-state index < -0.39 is 0 Å². The standard InChI is InChI=1S/C11H20N2O/c1-5-11(8(2)3)12-7-10-6-9(4)14-13-10/h6,8,11-12H,5,7H2,1-4H3. The summed E-state index contributed by atoms with van der Waals surface area (Å²) in [6.45, 7) is 9.38. The predicted octanol–water partition coefficient (Wildman–Crippen LogP) is 2.51. The van der Waals surface area contributed by atoms with Crippen molar-refractivity contribution in [2.45, 2.75) is 46.7 Å². The van der Waals surface area contributed by atoms with Crippen LogP contribution in [0.3, 0.4) is 0 Å². The van der Waals surface area contributed by atoms with Gasteiger partial charge < -0.3 is 9.84 Å². The topological polar surface area (TPSA) is 38.1 Å². The zero-order valence-corrected chi connectivity index (χ0v) is 9.50. The molecule has 1 heterocycles. The summed E-state index contributed by atoms with van der Waals surface area (Å²) in [5.41, 5.74) is 0.988. The minimum Gasteiger partial charge on any atom is -0.361 e. The lowest BCUT2D eigenvalue weighted by Crippen LogP contribution is -2.32. The van der Waals surface area contributed by atoms with Crippen molar-refractivity contribution in [3.63, 3.8) is 0 Å².